The third-order valence-corrected chi connectivity index (χ3v) is 4.32. The van der Waals surface area contributed by atoms with Crippen LogP contribution in [0.1, 0.15) is 10.4 Å². The zero-order valence-corrected chi connectivity index (χ0v) is 12.9. The van der Waals surface area contributed by atoms with E-state index in [0.717, 1.165) is 4.90 Å². The van der Waals surface area contributed by atoms with Crippen LogP contribution in [0.15, 0.2) is 46.2 Å². The standard InChI is InChI=1S/C14H11Cl2NO2S/c1-19-14(18)11-6-9(17)7-12(16)13(11)20-10-4-2-8(15)3-5-10/h2-7H,17H2,1H3. The first-order valence-corrected chi connectivity index (χ1v) is 7.19. The molecule has 104 valence electrons. The summed E-state index contributed by atoms with van der Waals surface area (Å²) in [5, 5.41) is 1.05. The lowest BCUT2D eigenvalue weighted by Crippen LogP contribution is -2.04. The molecule has 2 aromatic carbocycles. The molecule has 0 heterocycles. The topological polar surface area (TPSA) is 52.3 Å². The highest BCUT2D eigenvalue weighted by molar-refractivity contribution is 7.99. The zero-order valence-electron chi connectivity index (χ0n) is 10.5. The number of benzene rings is 2. The van der Waals surface area contributed by atoms with E-state index in [1.54, 1.807) is 24.3 Å². The Morgan fingerprint density at radius 3 is 2.45 bits per heavy atom. The van der Waals surface area contributed by atoms with Crippen molar-refractivity contribution < 1.29 is 9.53 Å². The minimum atomic E-state index is -0.476. The second kappa shape index (κ2) is 6.39. The van der Waals surface area contributed by atoms with Crippen LogP contribution in [0.3, 0.4) is 0 Å². The number of rotatable bonds is 3. The molecule has 2 rings (SSSR count). The van der Waals surface area contributed by atoms with E-state index in [-0.39, 0.29) is 0 Å². The monoisotopic (exact) mass is 327 g/mol. The quantitative estimate of drug-likeness (QED) is 0.665. The molecule has 0 aliphatic heterocycles. The molecule has 0 atom stereocenters. The van der Waals surface area contributed by atoms with E-state index >= 15 is 0 Å². The van der Waals surface area contributed by atoms with Crippen LogP contribution in [0, 0.1) is 0 Å². The van der Waals surface area contributed by atoms with Crippen LogP contribution in [0.25, 0.3) is 0 Å². The van der Waals surface area contributed by atoms with Gasteiger partial charge in [-0.1, -0.05) is 35.0 Å². The lowest BCUT2D eigenvalue weighted by molar-refractivity contribution is 0.0597. The zero-order chi connectivity index (χ0) is 14.7. The molecule has 6 heteroatoms. The average Bonchev–Trinajstić information content (AvgIpc) is 2.42. The molecule has 0 aliphatic rings. The molecule has 0 saturated carbocycles. The predicted octanol–water partition coefficient (Wildman–Crippen LogP) is 4.51. The average molecular weight is 328 g/mol. The molecule has 0 radical (unpaired) electrons. The van der Waals surface area contributed by atoms with Gasteiger partial charge in [0.25, 0.3) is 0 Å². The lowest BCUT2D eigenvalue weighted by atomic mass is 10.2. The molecule has 0 saturated heterocycles. The molecule has 0 unspecified atom stereocenters. The highest BCUT2D eigenvalue weighted by Gasteiger charge is 2.17. The van der Waals surface area contributed by atoms with E-state index in [4.69, 9.17) is 33.7 Å². The van der Waals surface area contributed by atoms with E-state index in [2.05, 4.69) is 0 Å². The Morgan fingerprint density at radius 2 is 1.85 bits per heavy atom. The van der Waals surface area contributed by atoms with Crippen molar-refractivity contribution >= 4 is 46.6 Å². The molecule has 0 aliphatic carbocycles. The van der Waals surface area contributed by atoms with Crippen LogP contribution in [-0.4, -0.2) is 13.1 Å². The van der Waals surface area contributed by atoms with Gasteiger partial charge in [-0.2, -0.15) is 0 Å². The first-order chi connectivity index (χ1) is 9.51. The molecule has 0 amide bonds. The highest BCUT2D eigenvalue weighted by Crippen LogP contribution is 2.38. The largest absolute Gasteiger partial charge is 0.465 e. The first-order valence-electron chi connectivity index (χ1n) is 5.62. The van der Waals surface area contributed by atoms with Crippen LogP contribution in [0.2, 0.25) is 10.0 Å². The summed E-state index contributed by atoms with van der Waals surface area (Å²) in [4.78, 5) is 13.3. The number of hydrogen-bond donors (Lipinski definition) is 1. The normalized spacial score (nSPS) is 10.3. The number of carbonyl (C=O) groups excluding carboxylic acids is 1. The van der Waals surface area contributed by atoms with Crippen molar-refractivity contribution in [3.63, 3.8) is 0 Å². The lowest BCUT2D eigenvalue weighted by Gasteiger charge is -2.11. The van der Waals surface area contributed by atoms with Crippen LogP contribution in [-0.2, 0) is 4.74 Å². The summed E-state index contributed by atoms with van der Waals surface area (Å²) in [5.74, 6) is -0.476. The van der Waals surface area contributed by atoms with Gasteiger partial charge in [-0.25, -0.2) is 4.79 Å². The number of nitrogen functional groups attached to an aromatic ring is 1. The van der Waals surface area contributed by atoms with E-state index < -0.39 is 5.97 Å². The Balaban J connectivity index is 2.44. The Labute approximate surface area is 131 Å². The fourth-order valence-electron chi connectivity index (χ4n) is 1.60. The maximum Gasteiger partial charge on any atom is 0.339 e. The summed E-state index contributed by atoms with van der Waals surface area (Å²) in [6.45, 7) is 0. The maximum atomic E-state index is 11.8. The molecule has 0 aromatic heterocycles. The number of nitrogens with two attached hydrogens (primary N) is 1. The van der Waals surface area contributed by atoms with Gasteiger partial charge in [-0.15, -0.1) is 0 Å². The number of halogens is 2. The number of hydrogen-bond acceptors (Lipinski definition) is 4. The van der Waals surface area contributed by atoms with Gasteiger partial charge in [0.15, 0.2) is 0 Å². The van der Waals surface area contributed by atoms with Gasteiger partial charge in [-0.3, -0.25) is 0 Å². The summed E-state index contributed by atoms with van der Waals surface area (Å²) in [5.41, 5.74) is 6.47. The summed E-state index contributed by atoms with van der Waals surface area (Å²) in [6, 6.07) is 10.4. The molecule has 20 heavy (non-hydrogen) atoms. The third kappa shape index (κ3) is 3.39. The number of carbonyl (C=O) groups is 1. The van der Waals surface area contributed by atoms with Crippen molar-refractivity contribution in [1.29, 1.82) is 0 Å². The van der Waals surface area contributed by atoms with Gasteiger partial charge in [0.05, 0.1) is 17.7 Å². The molecule has 2 N–H and O–H groups in total. The van der Waals surface area contributed by atoms with Crippen LogP contribution >= 0.6 is 35.0 Å². The minimum absolute atomic E-state index is 0.345. The summed E-state index contributed by atoms with van der Waals surface area (Å²) >= 11 is 13.4. The van der Waals surface area contributed by atoms with E-state index in [9.17, 15) is 4.79 Å². The summed E-state index contributed by atoms with van der Waals surface area (Å²) in [7, 11) is 1.32. The fourth-order valence-corrected chi connectivity index (χ4v) is 2.99. The summed E-state index contributed by atoms with van der Waals surface area (Å²) < 4.78 is 4.76. The van der Waals surface area contributed by atoms with E-state index in [1.807, 2.05) is 12.1 Å². The fraction of sp³-hybridized carbons (Fsp3) is 0.0714. The third-order valence-electron chi connectivity index (χ3n) is 2.50. The molecule has 0 spiro atoms. The highest BCUT2D eigenvalue weighted by atomic mass is 35.5. The Bertz CT molecular complexity index is 644. The van der Waals surface area contributed by atoms with Gasteiger partial charge < -0.3 is 10.5 Å². The molecule has 0 fully saturated rings. The van der Waals surface area contributed by atoms with Gasteiger partial charge in [0.2, 0.25) is 0 Å². The van der Waals surface area contributed by atoms with Gasteiger partial charge in [0, 0.05) is 20.5 Å². The van der Waals surface area contributed by atoms with Crippen molar-refractivity contribution in [2.45, 2.75) is 9.79 Å². The van der Waals surface area contributed by atoms with E-state index in [1.165, 1.54) is 18.9 Å². The Kier molecular flexibility index (Phi) is 4.81. The number of ether oxygens (including phenoxy) is 1. The predicted molar refractivity (Wildman–Crippen MR) is 82.8 cm³/mol. The molecule has 3 nitrogen and oxygen atoms in total. The van der Waals surface area contributed by atoms with Gasteiger partial charge in [-0.05, 0) is 36.4 Å². The van der Waals surface area contributed by atoms with Crippen molar-refractivity contribution in [2.75, 3.05) is 12.8 Å². The molecule has 0 bridgehead atoms. The number of esters is 1. The Hall–Kier alpha value is -1.36. The summed E-state index contributed by atoms with van der Waals surface area (Å²) in [6.07, 6.45) is 0. The molecule has 2 aromatic rings. The molecular weight excluding hydrogens is 317 g/mol. The van der Waals surface area contributed by atoms with Crippen LogP contribution in [0.4, 0.5) is 5.69 Å². The second-order valence-corrected chi connectivity index (χ2v) is 5.85. The van der Waals surface area contributed by atoms with Crippen molar-refractivity contribution in [3.8, 4) is 0 Å². The SMILES string of the molecule is COC(=O)c1cc(N)cc(Cl)c1Sc1ccc(Cl)cc1. The Morgan fingerprint density at radius 1 is 1.20 bits per heavy atom. The first kappa shape index (κ1) is 15.0. The van der Waals surface area contributed by atoms with Gasteiger partial charge in [0.1, 0.15) is 0 Å². The van der Waals surface area contributed by atoms with Gasteiger partial charge >= 0.3 is 5.97 Å². The van der Waals surface area contributed by atoms with Crippen molar-refractivity contribution in [3.05, 3.63) is 52.0 Å². The van der Waals surface area contributed by atoms with Crippen LogP contribution in [0.5, 0.6) is 0 Å². The smallest absolute Gasteiger partial charge is 0.339 e. The number of methoxy groups -OCH3 is 1. The van der Waals surface area contributed by atoms with Crippen molar-refractivity contribution in [1.82, 2.24) is 0 Å². The number of anilines is 1. The van der Waals surface area contributed by atoms with Crippen LogP contribution < -0.4 is 5.73 Å². The maximum absolute atomic E-state index is 11.8. The van der Waals surface area contributed by atoms with Crippen molar-refractivity contribution in [2.24, 2.45) is 0 Å². The second-order valence-electron chi connectivity index (χ2n) is 3.93. The molecular formula is C14H11Cl2NO2S. The minimum Gasteiger partial charge on any atom is -0.465 e. The van der Waals surface area contributed by atoms with E-state index in [0.29, 0.717) is 26.2 Å².